The number of nitrogens with one attached hydrogen (secondary N) is 2. The molecule has 0 bridgehead atoms. The van der Waals surface area contributed by atoms with Crippen molar-refractivity contribution in [2.24, 2.45) is 0 Å². The molecule has 11 heteroatoms. The molecule has 1 rings (SSSR count). The number of esters is 1. The lowest BCUT2D eigenvalue weighted by Crippen LogP contribution is -2.55. The highest BCUT2D eigenvalue weighted by Crippen LogP contribution is 2.27. The zero-order valence-corrected chi connectivity index (χ0v) is 21.9. The highest BCUT2D eigenvalue weighted by molar-refractivity contribution is 5.92. The lowest BCUT2D eigenvalue weighted by Gasteiger charge is -2.34. The summed E-state index contributed by atoms with van der Waals surface area (Å²) < 4.78 is 10.1. The molecular formula is C25H39N3O8. The molecule has 0 saturated heterocycles. The van der Waals surface area contributed by atoms with Crippen molar-refractivity contribution < 1.29 is 38.9 Å². The van der Waals surface area contributed by atoms with Crippen LogP contribution >= 0.6 is 0 Å². The maximum absolute atomic E-state index is 13.5. The second-order valence-corrected chi connectivity index (χ2v) is 9.17. The van der Waals surface area contributed by atoms with Gasteiger partial charge in [0.25, 0.3) is 0 Å². The summed E-state index contributed by atoms with van der Waals surface area (Å²) in [5, 5.41) is 24.6. The summed E-state index contributed by atoms with van der Waals surface area (Å²) >= 11 is 0. The van der Waals surface area contributed by atoms with Gasteiger partial charge in [0.2, 0.25) is 11.8 Å². The number of aliphatic hydroxyl groups is 2. The molecule has 0 spiro atoms. The third-order valence-electron chi connectivity index (χ3n) is 5.23. The fourth-order valence-electron chi connectivity index (χ4n) is 3.45. The summed E-state index contributed by atoms with van der Waals surface area (Å²) in [6.45, 7) is 8.97. The van der Waals surface area contributed by atoms with Crippen LogP contribution in [0.1, 0.15) is 56.8 Å². The number of nitrogens with zero attached hydrogens (tertiary/aromatic N) is 1. The van der Waals surface area contributed by atoms with Gasteiger partial charge in [0, 0.05) is 13.1 Å². The molecule has 1 aromatic carbocycles. The van der Waals surface area contributed by atoms with E-state index in [0.717, 1.165) is 16.0 Å². The van der Waals surface area contributed by atoms with Gasteiger partial charge in [-0.1, -0.05) is 18.2 Å². The predicted octanol–water partition coefficient (Wildman–Crippen LogP) is 1.12. The van der Waals surface area contributed by atoms with Crippen molar-refractivity contribution in [2.75, 3.05) is 32.9 Å². The molecule has 0 saturated carbocycles. The van der Waals surface area contributed by atoms with Crippen LogP contribution in [0.3, 0.4) is 0 Å². The SMILES string of the molecule is CCOC(=O)CCNC(=O)C(c1cccc(C)c1C)N(CCO)C(=O)C(CO)NC(=O)OC(C)(C)C. The van der Waals surface area contributed by atoms with Gasteiger partial charge in [-0.15, -0.1) is 0 Å². The second kappa shape index (κ2) is 14.4. The van der Waals surface area contributed by atoms with Gasteiger partial charge in [-0.05, 0) is 58.2 Å². The number of aryl methyl sites for hydroxylation is 1. The van der Waals surface area contributed by atoms with Crippen LogP contribution < -0.4 is 10.6 Å². The van der Waals surface area contributed by atoms with Crippen molar-refractivity contribution in [2.45, 2.75) is 65.6 Å². The zero-order valence-electron chi connectivity index (χ0n) is 21.9. The van der Waals surface area contributed by atoms with Gasteiger partial charge in [0.05, 0.1) is 26.2 Å². The van der Waals surface area contributed by atoms with Gasteiger partial charge in [-0.25, -0.2) is 4.79 Å². The molecule has 2 unspecified atom stereocenters. The van der Waals surface area contributed by atoms with Crippen molar-refractivity contribution in [3.63, 3.8) is 0 Å². The standard InChI is InChI=1S/C25H39N3O8/c1-7-35-20(31)11-12-26-22(32)21(18-10-8-9-16(2)17(18)3)28(13-14-29)23(33)19(15-30)27-24(34)36-25(4,5)6/h8-10,19,21,29-30H,7,11-15H2,1-6H3,(H,26,32)(H,27,34). The number of amides is 3. The Morgan fingerprint density at radius 1 is 1.11 bits per heavy atom. The minimum atomic E-state index is -1.42. The van der Waals surface area contributed by atoms with Crippen LogP contribution in [0.25, 0.3) is 0 Å². The Bertz CT molecular complexity index is 913. The first-order chi connectivity index (χ1) is 16.9. The van der Waals surface area contributed by atoms with E-state index in [1.165, 1.54) is 0 Å². The van der Waals surface area contributed by atoms with Crippen molar-refractivity contribution in [3.8, 4) is 0 Å². The first kappa shape index (κ1) is 30.9. The molecule has 2 atom stereocenters. The number of hydrogen-bond acceptors (Lipinski definition) is 8. The summed E-state index contributed by atoms with van der Waals surface area (Å²) in [6, 6.07) is 2.64. The Labute approximate surface area is 212 Å². The first-order valence-corrected chi connectivity index (χ1v) is 11.9. The third-order valence-corrected chi connectivity index (χ3v) is 5.23. The molecule has 0 fully saturated rings. The minimum absolute atomic E-state index is 0.0280. The van der Waals surface area contributed by atoms with Crippen LogP contribution in [0.2, 0.25) is 0 Å². The molecule has 1 aromatic rings. The number of carbonyl (C=O) groups is 4. The lowest BCUT2D eigenvalue weighted by atomic mass is 9.95. The van der Waals surface area contributed by atoms with Crippen molar-refractivity contribution in [1.29, 1.82) is 0 Å². The normalized spacial score (nSPS) is 12.8. The average Bonchev–Trinajstić information content (AvgIpc) is 2.78. The molecule has 36 heavy (non-hydrogen) atoms. The Morgan fingerprint density at radius 2 is 1.78 bits per heavy atom. The maximum Gasteiger partial charge on any atom is 0.408 e. The maximum atomic E-state index is 13.5. The topological polar surface area (TPSA) is 154 Å². The van der Waals surface area contributed by atoms with E-state index in [-0.39, 0.29) is 26.1 Å². The van der Waals surface area contributed by atoms with Gasteiger partial charge in [-0.2, -0.15) is 0 Å². The lowest BCUT2D eigenvalue weighted by molar-refractivity contribution is -0.145. The van der Waals surface area contributed by atoms with E-state index in [4.69, 9.17) is 9.47 Å². The van der Waals surface area contributed by atoms with Crippen LogP contribution in [0.4, 0.5) is 4.79 Å². The van der Waals surface area contributed by atoms with E-state index in [9.17, 15) is 29.4 Å². The predicted molar refractivity (Wildman–Crippen MR) is 132 cm³/mol. The largest absolute Gasteiger partial charge is 0.466 e. The quantitative estimate of drug-likeness (QED) is 0.306. The summed E-state index contributed by atoms with van der Waals surface area (Å²) in [4.78, 5) is 51.9. The van der Waals surface area contributed by atoms with Crippen molar-refractivity contribution in [1.82, 2.24) is 15.5 Å². The van der Waals surface area contributed by atoms with Crippen LogP contribution in [-0.4, -0.2) is 83.5 Å². The molecular weight excluding hydrogens is 470 g/mol. The van der Waals surface area contributed by atoms with Crippen LogP contribution in [-0.2, 0) is 23.9 Å². The molecule has 11 nitrogen and oxygen atoms in total. The number of ether oxygens (including phenoxy) is 2. The smallest absolute Gasteiger partial charge is 0.408 e. The van der Waals surface area contributed by atoms with Gasteiger partial charge in [-0.3, -0.25) is 14.4 Å². The molecule has 0 radical (unpaired) electrons. The van der Waals surface area contributed by atoms with E-state index >= 15 is 0 Å². The van der Waals surface area contributed by atoms with Crippen LogP contribution in [0.15, 0.2) is 18.2 Å². The minimum Gasteiger partial charge on any atom is -0.466 e. The second-order valence-electron chi connectivity index (χ2n) is 9.17. The van der Waals surface area contributed by atoms with Gasteiger partial charge < -0.3 is 35.2 Å². The molecule has 0 aromatic heterocycles. The summed E-state index contributed by atoms with van der Waals surface area (Å²) in [7, 11) is 0. The number of rotatable bonds is 12. The molecule has 0 aliphatic rings. The summed E-state index contributed by atoms with van der Waals surface area (Å²) in [5.74, 6) is -1.86. The van der Waals surface area contributed by atoms with E-state index < -0.39 is 54.8 Å². The number of hydrogen-bond donors (Lipinski definition) is 4. The highest BCUT2D eigenvalue weighted by atomic mass is 16.6. The fourth-order valence-corrected chi connectivity index (χ4v) is 3.45. The molecule has 0 aliphatic carbocycles. The van der Waals surface area contributed by atoms with Crippen molar-refractivity contribution in [3.05, 3.63) is 34.9 Å². The Kier molecular flexibility index (Phi) is 12.3. The van der Waals surface area contributed by atoms with E-state index in [2.05, 4.69) is 10.6 Å². The van der Waals surface area contributed by atoms with Crippen LogP contribution in [0.5, 0.6) is 0 Å². The number of benzene rings is 1. The Hall–Kier alpha value is -3.18. The average molecular weight is 510 g/mol. The summed E-state index contributed by atoms with van der Waals surface area (Å²) in [5.41, 5.74) is 1.29. The Balaban J connectivity index is 3.33. The van der Waals surface area contributed by atoms with Gasteiger partial charge >= 0.3 is 12.1 Å². The number of aliphatic hydroxyl groups excluding tert-OH is 2. The summed E-state index contributed by atoms with van der Waals surface area (Å²) in [6.07, 6.45) is -0.979. The van der Waals surface area contributed by atoms with Gasteiger partial charge in [0.15, 0.2) is 0 Å². The Morgan fingerprint density at radius 3 is 2.33 bits per heavy atom. The molecule has 3 amide bonds. The van der Waals surface area contributed by atoms with Crippen LogP contribution in [0, 0.1) is 13.8 Å². The third kappa shape index (κ3) is 9.46. The zero-order chi connectivity index (χ0) is 27.5. The highest BCUT2D eigenvalue weighted by Gasteiger charge is 2.36. The van der Waals surface area contributed by atoms with Crippen molar-refractivity contribution >= 4 is 23.9 Å². The molecule has 4 N–H and O–H groups in total. The molecule has 0 aliphatic heterocycles. The monoisotopic (exact) mass is 509 g/mol. The first-order valence-electron chi connectivity index (χ1n) is 11.9. The van der Waals surface area contributed by atoms with Gasteiger partial charge in [0.1, 0.15) is 17.7 Å². The fraction of sp³-hybridized carbons (Fsp3) is 0.600. The number of alkyl carbamates (subject to hydrolysis) is 1. The van der Waals surface area contributed by atoms with E-state index in [1.807, 2.05) is 13.0 Å². The van der Waals surface area contributed by atoms with E-state index in [1.54, 1.807) is 46.8 Å². The molecule has 0 heterocycles. The molecule has 202 valence electrons. The number of carbonyl (C=O) groups excluding carboxylic acids is 4. The van der Waals surface area contributed by atoms with E-state index in [0.29, 0.717) is 5.56 Å².